The van der Waals surface area contributed by atoms with Gasteiger partial charge in [-0.05, 0) is 44.0 Å². The molecule has 4 rings (SSSR count). The first-order valence-corrected chi connectivity index (χ1v) is 11.8. The van der Waals surface area contributed by atoms with E-state index in [1.54, 1.807) is 11.8 Å². The van der Waals surface area contributed by atoms with Crippen molar-refractivity contribution in [1.82, 2.24) is 19.7 Å². The highest BCUT2D eigenvalue weighted by atomic mass is 32.2. The topological polar surface area (TPSA) is 43.2 Å². The zero-order valence-electron chi connectivity index (χ0n) is 18.4. The molecule has 170 valence electrons. The molecule has 2 aromatic carbocycles. The largest absolute Gasteiger partial charge is 0.376 e. The molecule has 1 aliphatic rings. The predicted molar refractivity (Wildman–Crippen MR) is 121 cm³/mol. The minimum absolute atomic E-state index is 0.155. The Kier molecular flexibility index (Phi) is 7.55. The number of hydrogen-bond acceptors (Lipinski definition) is 5. The highest BCUT2D eigenvalue weighted by Crippen LogP contribution is 2.26. The molecule has 0 unspecified atom stereocenters. The molecule has 0 saturated carbocycles. The van der Waals surface area contributed by atoms with Gasteiger partial charge in [0.05, 0.1) is 19.2 Å². The Labute approximate surface area is 191 Å². The van der Waals surface area contributed by atoms with Crippen LogP contribution in [0.5, 0.6) is 0 Å². The average Bonchev–Trinajstić information content (AvgIpc) is 3.41. The third-order valence-corrected chi connectivity index (χ3v) is 6.70. The molecule has 32 heavy (non-hydrogen) atoms. The summed E-state index contributed by atoms with van der Waals surface area (Å²) >= 11 is 1.67. The van der Waals surface area contributed by atoms with Crippen LogP contribution in [-0.2, 0) is 30.1 Å². The number of aryl methyl sites for hydroxylation is 1. The van der Waals surface area contributed by atoms with Crippen molar-refractivity contribution in [3.05, 3.63) is 76.6 Å². The van der Waals surface area contributed by atoms with Crippen LogP contribution in [0.3, 0.4) is 0 Å². The summed E-state index contributed by atoms with van der Waals surface area (Å²) in [6, 6.07) is 12.0. The lowest BCUT2D eigenvalue weighted by Gasteiger charge is -2.19. The first-order chi connectivity index (χ1) is 15.5. The van der Waals surface area contributed by atoms with Crippen molar-refractivity contribution in [2.75, 3.05) is 13.7 Å². The number of ether oxygens (including phenoxy) is 1. The zero-order chi connectivity index (χ0) is 22.5. The van der Waals surface area contributed by atoms with E-state index in [-0.39, 0.29) is 6.10 Å². The second kappa shape index (κ2) is 10.6. The Balaban J connectivity index is 1.49. The van der Waals surface area contributed by atoms with Crippen LogP contribution in [0.25, 0.3) is 0 Å². The van der Waals surface area contributed by atoms with E-state index in [9.17, 15) is 8.78 Å². The van der Waals surface area contributed by atoms with E-state index >= 15 is 0 Å². The minimum Gasteiger partial charge on any atom is -0.376 e. The lowest BCUT2D eigenvalue weighted by molar-refractivity contribution is 0.0934. The summed E-state index contributed by atoms with van der Waals surface area (Å²) in [4.78, 5) is 1.96. The Morgan fingerprint density at radius 3 is 2.72 bits per heavy atom. The van der Waals surface area contributed by atoms with Crippen LogP contribution in [0.15, 0.2) is 47.6 Å². The van der Waals surface area contributed by atoms with Crippen LogP contribution in [-0.4, -0.2) is 39.4 Å². The molecule has 1 aromatic heterocycles. The molecule has 0 bridgehead atoms. The van der Waals surface area contributed by atoms with Gasteiger partial charge in [0.25, 0.3) is 0 Å². The van der Waals surface area contributed by atoms with Gasteiger partial charge in [-0.2, -0.15) is 0 Å². The summed E-state index contributed by atoms with van der Waals surface area (Å²) in [5.74, 6) is 0.526. The fraction of sp³-hybridized carbons (Fsp3) is 0.417. The third kappa shape index (κ3) is 5.74. The highest BCUT2D eigenvalue weighted by molar-refractivity contribution is 7.98. The molecule has 5 nitrogen and oxygen atoms in total. The van der Waals surface area contributed by atoms with Gasteiger partial charge >= 0.3 is 0 Å². The number of rotatable bonds is 9. The molecule has 0 radical (unpaired) electrons. The van der Waals surface area contributed by atoms with E-state index < -0.39 is 11.6 Å². The Morgan fingerprint density at radius 2 is 1.97 bits per heavy atom. The molecule has 2 heterocycles. The maximum absolute atomic E-state index is 14.1. The van der Waals surface area contributed by atoms with Crippen LogP contribution < -0.4 is 0 Å². The van der Waals surface area contributed by atoms with E-state index in [0.717, 1.165) is 42.2 Å². The molecule has 8 heteroatoms. The van der Waals surface area contributed by atoms with Crippen molar-refractivity contribution in [2.24, 2.45) is 0 Å². The van der Waals surface area contributed by atoms with Crippen LogP contribution >= 0.6 is 11.8 Å². The molecule has 1 atom stereocenters. The second-order valence-corrected chi connectivity index (χ2v) is 9.21. The maximum Gasteiger partial charge on any atom is 0.191 e. The highest BCUT2D eigenvalue weighted by Gasteiger charge is 2.22. The monoisotopic (exact) mass is 458 g/mol. The van der Waals surface area contributed by atoms with Gasteiger partial charge in [-0.1, -0.05) is 42.1 Å². The number of hydrogen-bond donors (Lipinski definition) is 0. The summed E-state index contributed by atoms with van der Waals surface area (Å²) in [6.07, 6.45) is 2.25. The van der Waals surface area contributed by atoms with Gasteiger partial charge in [-0.25, -0.2) is 8.78 Å². The Bertz CT molecular complexity index is 1050. The Morgan fingerprint density at radius 1 is 1.12 bits per heavy atom. The predicted octanol–water partition coefficient (Wildman–Crippen LogP) is 4.97. The smallest absolute Gasteiger partial charge is 0.191 e. The zero-order valence-corrected chi connectivity index (χ0v) is 19.2. The molecule has 1 aliphatic heterocycles. The quantitative estimate of drug-likeness (QED) is 0.424. The molecule has 1 fully saturated rings. The lowest BCUT2D eigenvalue weighted by Crippen LogP contribution is -2.23. The number of thioether (sulfide) groups is 1. The van der Waals surface area contributed by atoms with Gasteiger partial charge in [-0.3, -0.25) is 4.90 Å². The van der Waals surface area contributed by atoms with Crippen molar-refractivity contribution >= 4 is 11.8 Å². The SMILES string of the molecule is Cc1ccccc1CSc1nnc(CN(C)Cc2ccc(F)cc2F)n1C[C@H]1CCCO1. The normalized spacial score (nSPS) is 16.2. The third-order valence-electron chi connectivity index (χ3n) is 5.69. The van der Waals surface area contributed by atoms with E-state index in [1.807, 2.05) is 18.0 Å². The lowest BCUT2D eigenvalue weighted by atomic mass is 10.1. The van der Waals surface area contributed by atoms with Crippen LogP contribution in [0, 0.1) is 18.6 Å². The van der Waals surface area contributed by atoms with Crippen LogP contribution in [0.1, 0.15) is 35.4 Å². The molecule has 1 saturated heterocycles. The van der Waals surface area contributed by atoms with Gasteiger partial charge in [0.2, 0.25) is 0 Å². The summed E-state index contributed by atoms with van der Waals surface area (Å²) in [6.45, 7) is 4.46. The van der Waals surface area contributed by atoms with Crippen molar-refractivity contribution in [2.45, 2.75) is 56.4 Å². The first-order valence-electron chi connectivity index (χ1n) is 10.8. The van der Waals surface area contributed by atoms with Crippen molar-refractivity contribution in [1.29, 1.82) is 0 Å². The molecule has 3 aromatic rings. The van der Waals surface area contributed by atoms with Crippen molar-refractivity contribution in [3.63, 3.8) is 0 Å². The van der Waals surface area contributed by atoms with Gasteiger partial charge in [0, 0.05) is 30.5 Å². The second-order valence-electron chi connectivity index (χ2n) is 8.27. The van der Waals surface area contributed by atoms with Crippen LogP contribution in [0.4, 0.5) is 8.78 Å². The maximum atomic E-state index is 14.1. The van der Waals surface area contributed by atoms with Crippen molar-refractivity contribution in [3.8, 4) is 0 Å². The average molecular weight is 459 g/mol. The van der Waals surface area contributed by atoms with E-state index in [0.29, 0.717) is 25.2 Å². The van der Waals surface area contributed by atoms with Gasteiger partial charge in [0.15, 0.2) is 5.16 Å². The number of halogens is 2. The summed E-state index contributed by atoms with van der Waals surface area (Å²) in [7, 11) is 1.90. The van der Waals surface area contributed by atoms with Crippen molar-refractivity contribution < 1.29 is 13.5 Å². The fourth-order valence-electron chi connectivity index (χ4n) is 3.87. The standard InChI is InChI=1S/C24H28F2N4OS/c1-17-6-3-4-7-19(17)16-32-24-28-27-23(30(24)14-21-8-5-11-31-21)15-29(2)13-18-9-10-20(25)12-22(18)26/h3-4,6-7,9-10,12,21H,5,8,11,13-16H2,1-2H3/t21-/m1/s1. The van der Waals surface area contributed by atoms with E-state index in [1.165, 1.54) is 23.3 Å². The summed E-state index contributed by atoms with van der Waals surface area (Å²) < 4.78 is 35.3. The van der Waals surface area contributed by atoms with E-state index in [2.05, 4.69) is 39.9 Å². The van der Waals surface area contributed by atoms with Gasteiger partial charge < -0.3 is 9.30 Å². The number of benzene rings is 2. The Hall–Kier alpha value is -2.29. The number of nitrogens with zero attached hydrogens (tertiary/aromatic N) is 4. The number of aromatic nitrogens is 3. The first kappa shape index (κ1) is 22.9. The molecule has 0 amide bonds. The van der Waals surface area contributed by atoms with Gasteiger partial charge in [-0.15, -0.1) is 10.2 Å². The summed E-state index contributed by atoms with van der Waals surface area (Å²) in [5.41, 5.74) is 2.98. The fourth-order valence-corrected chi connectivity index (χ4v) is 4.91. The molecular weight excluding hydrogens is 430 g/mol. The molecular formula is C24H28F2N4OS. The molecule has 0 N–H and O–H groups in total. The summed E-state index contributed by atoms with van der Waals surface area (Å²) in [5, 5.41) is 9.78. The molecule has 0 spiro atoms. The molecule has 0 aliphatic carbocycles. The van der Waals surface area contributed by atoms with Gasteiger partial charge in [0.1, 0.15) is 17.5 Å². The van der Waals surface area contributed by atoms with Crippen LogP contribution in [0.2, 0.25) is 0 Å². The van der Waals surface area contributed by atoms with E-state index in [4.69, 9.17) is 4.74 Å². The minimum atomic E-state index is -0.569.